The molecule has 3 aromatic heterocycles. The van der Waals surface area contributed by atoms with Crippen LogP contribution in [-0.2, 0) is 6.42 Å². The summed E-state index contributed by atoms with van der Waals surface area (Å²) in [4.78, 5) is 0. The number of fused-ring (bicyclic) bond motifs is 6. The van der Waals surface area contributed by atoms with E-state index in [2.05, 4.69) is 131 Å². The van der Waals surface area contributed by atoms with Crippen molar-refractivity contribution in [2.75, 3.05) is 0 Å². The second-order valence-electron chi connectivity index (χ2n) is 10.5. The van der Waals surface area contributed by atoms with Crippen molar-refractivity contribution in [3.8, 4) is 17.1 Å². The number of aromatic nitrogens is 4. The highest BCUT2D eigenvalue weighted by molar-refractivity contribution is 6.09. The maximum atomic E-state index is 4.57. The van der Waals surface area contributed by atoms with Crippen LogP contribution in [0.15, 0.2) is 97.2 Å². The van der Waals surface area contributed by atoms with Crippen LogP contribution in [0, 0.1) is 0 Å². The van der Waals surface area contributed by atoms with E-state index in [1.165, 1.54) is 38.3 Å². The fourth-order valence-electron chi connectivity index (χ4n) is 5.74. The lowest BCUT2D eigenvalue weighted by Crippen LogP contribution is -1.95. The highest BCUT2D eigenvalue weighted by atomic mass is 15.2. The van der Waals surface area contributed by atoms with E-state index < -0.39 is 0 Å². The zero-order valence-electron chi connectivity index (χ0n) is 22.0. The Bertz CT molecular complexity index is 1950. The molecule has 7 rings (SSSR count). The summed E-state index contributed by atoms with van der Waals surface area (Å²) in [7, 11) is 0. The van der Waals surface area contributed by atoms with Gasteiger partial charge in [-0.2, -0.15) is 0 Å². The molecule has 0 spiro atoms. The van der Waals surface area contributed by atoms with Crippen molar-refractivity contribution in [3.05, 3.63) is 108 Å². The summed E-state index contributed by atoms with van der Waals surface area (Å²) in [5, 5.41) is 14.0. The normalized spacial score (nSPS) is 12.0. The minimum Gasteiger partial charge on any atom is -0.309 e. The first-order chi connectivity index (χ1) is 18.6. The molecular weight excluding hydrogens is 464 g/mol. The van der Waals surface area contributed by atoms with E-state index in [1.54, 1.807) is 0 Å². The minimum absolute atomic E-state index is 0.492. The minimum atomic E-state index is 0.492. The van der Waals surface area contributed by atoms with E-state index in [1.807, 2.05) is 6.07 Å². The number of hydrogen-bond acceptors (Lipinski definition) is 2. The summed E-state index contributed by atoms with van der Waals surface area (Å²) < 4.78 is 4.48. The van der Waals surface area contributed by atoms with Gasteiger partial charge in [-0.1, -0.05) is 63.6 Å². The second-order valence-corrected chi connectivity index (χ2v) is 10.5. The van der Waals surface area contributed by atoms with Crippen LogP contribution in [0.1, 0.15) is 44.2 Å². The Balaban J connectivity index is 1.38. The van der Waals surface area contributed by atoms with Crippen molar-refractivity contribution in [1.29, 1.82) is 0 Å². The van der Waals surface area contributed by atoms with Crippen molar-refractivity contribution in [3.63, 3.8) is 0 Å². The second kappa shape index (κ2) is 8.84. The lowest BCUT2D eigenvalue weighted by molar-refractivity contribution is 0.868. The molecule has 0 N–H and O–H groups in total. The van der Waals surface area contributed by atoms with Gasteiger partial charge in [-0.3, -0.25) is 4.40 Å². The van der Waals surface area contributed by atoms with Crippen LogP contribution in [0.25, 0.3) is 55.3 Å². The topological polar surface area (TPSA) is 35.1 Å². The molecule has 0 unspecified atom stereocenters. The quantitative estimate of drug-likeness (QED) is 0.240. The predicted molar refractivity (Wildman–Crippen MR) is 158 cm³/mol. The monoisotopic (exact) mass is 494 g/mol. The highest BCUT2D eigenvalue weighted by Crippen LogP contribution is 2.35. The summed E-state index contributed by atoms with van der Waals surface area (Å²) in [6, 6.07) is 33.1. The van der Waals surface area contributed by atoms with Crippen LogP contribution in [-0.4, -0.2) is 19.2 Å². The average Bonchev–Trinajstić information content (AvgIpc) is 3.52. The first kappa shape index (κ1) is 22.7. The molecule has 0 atom stereocenters. The molecule has 0 saturated heterocycles. The van der Waals surface area contributed by atoms with Gasteiger partial charge in [0.1, 0.15) is 0 Å². The molecule has 0 radical (unpaired) electrons. The molecule has 0 amide bonds. The molecule has 7 aromatic rings. The molecule has 3 heterocycles. The number of benzene rings is 4. The van der Waals surface area contributed by atoms with Crippen molar-refractivity contribution in [2.24, 2.45) is 0 Å². The third-order valence-corrected chi connectivity index (χ3v) is 7.74. The van der Waals surface area contributed by atoms with E-state index in [4.69, 9.17) is 0 Å². The van der Waals surface area contributed by atoms with Gasteiger partial charge >= 0.3 is 0 Å². The molecule has 4 aromatic carbocycles. The Morgan fingerprint density at radius 2 is 1.50 bits per heavy atom. The van der Waals surface area contributed by atoms with Gasteiger partial charge in [0, 0.05) is 33.6 Å². The van der Waals surface area contributed by atoms with Crippen LogP contribution in [0.5, 0.6) is 0 Å². The van der Waals surface area contributed by atoms with Crippen molar-refractivity contribution in [2.45, 2.75) is 39.5 Å². The largest absolute Gasteiger partial charge is 0.309 e. The van der Waals surface area contributed by atoms with Crippen LogP contribution < -0.4 is 0 Å². The Morgan fingerprint density at radius 3 is 2.29 bits per heavy atom. The number of nitrogens with zero attached hydrogens (tertiary/aromatic N) is 4. The molecule has 0 aliphatic heterocycles. The Hall–Kier alpha value is -4.44. The van der Waals surface area contributed by atoms with E-state index >= 15 is 0 Å². The van der Waals surface area contributed by atoms with Crippen molar-refractivity contribution >= 4 is 38.2 Å². The van der Waals surface area contributed by atoms with E-state index in [-0.39, 0.29) is 0 Å². The van der Waals surface area contributed by atoms with E-state index in [9.17, 15) is 0 Å². The van der Waals surface area contributed by atoms with Crippen LogP contribution >= 0.6 is 0 Å². The smallest absolute Gasteiger partial charge is 0.168 e. The number of hydrogen-bond donors (Lipinski definition) is 0. The van der Waals surface area contributed by atoms with Crippen LogP contribution in [0.2, 0.25) is 0 Å². The van der Waals surface area contributed by atoms with E-state index in [0.29, 0.717) is 5.92 Å². The zero-order chi connectivity index (χ0) is 25.8. The first-order valence-corrected chi connectivity index (χ1v) is 13.5. The van der Waals surface area contributed by atoms with Gasteiger partial charge in [-0.25, -0.2) is 0 Å². The summed E-state index contributed by atoms with van der Waals surface area (Å²) >= 11 is 0. The number of rotatable bonds is 5. The molecule has 186 valence electrons. The summed E-state index contributed by atoms with van der Waals surface area (Å²) in [5.74, 6) is 1.34. The van der Waals surface area contributed by atoms with Gasteiger partial charge in [0.2, 0.25) is 0 Å². The van der Waals surface area contributed by atoms with Crippen molar-refractivity contribution < 1.29 is 0 Å². The third kappa shape index (κ3) is 3.52. The summed E-state index contributed by atoms with van der Waals surface area (Å²) in [5.41, 5.74) is 8.33. The first-order valence-electron chi connectivity index (χ1n) is 13.5. The number of pyridine rings is 1. The Kier molecular flexibility index (Phi) is 5.29. The van der Waals surface area contributed by atoms with Gasteiger partial charge in [0.15, 0.2) is 11.5 Å². The van der Waals surface area contributed by atoms with E-state index in [0.717, 1.165) is 41.0 Å². The summed E-state index contributed by atoms with van der Waals surface area (Å²) in [6.07, 6.45) is 4.31. The van der Waals surface area contributed by atoms with Gasteiger partial charge in [-0.05, 0) is 83.4 Å². The average molecular weight is 495 g/mol. The molecular formula is C34H30N4. The molecule has 38 heavy (non-hydrogen) atoms. The molecule has 4 heteroatoms. The van der Waals surface area contributed by atoms with Gasteiger partial charge < -0.3 is 4.57 Å². The standard InChI is InChI=1S/C34H30N4/c1-4-7-23-10-16-31-29(20-23)30-21-26(22(2)3)13-17-32(30)38(31)27-14-11-25(12-15-27)33-35-36-34-28-9-6-5-8-24(28)18-19-37(33)34/h5-6,8-22H,4,7H2,1-3H3. The molecule has 0 saturated carbocycles. The lowest BCUT2D eigenvalue weighted by Gasteiger charge is -2.10. The van der Waals surface area contributed by atoms with Crippen molar-refractivity contribution in [1.82, 2.24) is 19.2 Å². The fourth-order valence-corrected chi connectivity index (χ4v) is 5.74. The molecule has 0 aliphatic rings. The maximum Gasteiger partial charge on any atom is 0.168 e. The summed E-state index contributed by atoms with van der Waals surface area (Å²) in [6.45, 7) is 6.77. The zero-order valence-corrected chi connectivity index (χ0v) is 22.0. The predicted octanol–water partition coefficient (Wildman–Crippen LogP) is 8.72. The highest BCUT2D eigenvalue weighted by Gasteiger charge is 2.16. The fraction of sp³-hybridized carbons (Fsp3) is 0.176. The molecule has 0 fully saturated rings. The SMILES string of the molecule is CCCc1ccc2c(c1)c1cc(C(C)C)ccc1n2-c1ccc(-c2nnc3c4ccccc4ccn23)cc1. The molecule has 0 bridgehead atoms. The molecule has 0 aliphatic carbocycles. The van der Waals surface area contributed by atoms with Crippen LogP contribution in [0.3, 0.4) is 0 Å². The van der Waals surface area contributed by atoms with Gasteiger partial charge in [-0.15, -0.1) is 10.2 Å². The Morgan fingerprint density at radius 1 is 0.737 bits per heavy atom. The lowest BCUT2D eigenvalue weighted by atomic mass is 10.00. The Labute approximate surface area is 222 Å². The third-order valence-electron chi connectivity index (χ3n) is 7.74. The maximum absolute atomic E-state index is 4.57. The van der Waals surface area contributed by atoms with Gasteiger partial charge in [0.05, 0.1) is 11.0 Å². The van der Waals surface area contributed by atoms with Gasteiger partial charge in [0.25, 0.3) is 0 Å². The molecule has 4 nitrogen and oxygen atoms in total. The number of aryl methyl sites for hydroxylation is 1. The van der Waals surface area contributed by atoms with Crippen LogP contribution in [0.4, 0.5) is 0 Å².